The third-order valence-corrected chi connectivity index (χ3v) is 4.09. The minimum atomic E-state index is -0.919. The number of aliphatic hydroxyl groups excluding tert-OH is 1. The minimum Gasteiger partial charge on any atom is -0.400 e. The molecule has 0 spiro atoms. The van der Waals surface area contributed by atoms with Gasteiger partial charge in [0.25, 0.3) is 5.91 Å². The van der Waals surface area contributed by atoms with E-state index >= 15 is 0 Å². The van der Waals surface area contributed by atoms with Crippen molar-refractivity contribution in [1.82, 2.24) is 20.2 Å². The number of rotatable bonds is 4. The van der Waals surface area contributed by atoms with E-state index in [-0.39, 0.29) is 30.5 Å². The summed E-state index contributed by atoms with van der Waals surface area (Å²) in [4.78, 5) is 50.4. The number of hydrogen-bond donors (Lipinski definition) is 3. The molecule has 1 aliphatic heterocycles. The monoisotopic (exact) mass is 378 g/mol. The second-order valence-corrected chi connectivity index (χ2v) is 5.70. The molecule has 9 nitrogen and oxygen atoms in total. The van der Waals surface area contributed by atoms with E-state index in [0.29, 0.717) is 17.6 Å². The fourth-order valence-corrected chi connectivity index (χ4v) is 2.87. The molecule has 1 unspecified atom stereocenters. The Hall–Kier alpha value is -3.14. The van der Waals surface area contributed by atoms with Crippen LogP contribution in [0.3, 0.4) is 0 Å². The normalized spacial score (nSPS) is 16.4. The number of fused-ring (bicyclic) bond motifs is 1. The molecule has 1 saturated heterocycles. The van der Waals surface area contributed by atoms with Gasteiger partial charge in [0.05, 0.1) is 12.1 Å². The maximum absolute atomic E-state index is 14.3. The fraction of sp³-hybridized carbons (Fsp3) is 0.353. The summed E-state index contributed by atoms with van der Waals surface area (Å²) < 4.78 is 15.8. The van der Waals surface area contributed by atoms with Gasteiger partial charge in [0, 0.05) is 13.5 Å². The molecule has 2 aromatic rings. The minimum absolute atomic E-state index is 0.0299. The molecule has 1 fully saturated rings. The van der Waals surface area contributed by atoms with Crippen molar-refractivity contribution < 1.29 is 28.7 Å². The molecule has 0 bridgehead atoms. The number of amides is 3. The Balaban J connectivity index is 0.00000126. The average molecular weight is 378 g/mol. The first kappa shape index (κ1) is 20.2. The summed E-state index contributed by atoms with van der Waals surface area (Å²) in [5.74, 6) is -2.16. The average Bonchev–Trinajstić information content (AvgIpc) is 2.95. The quantitative estimate of drug-likeness (QED) is 0.500. The van der Waals surface area contributed by atoms with Crippen molar-refractivity contribution in [1.29, 1.82) is 0 Å². The Morgan fingerprint density at radius 3 is 2.78 bits per heavy atom. The van der Waals surface area contributed by atoms with Crippen LogP contribution >= 0.6 is 0 Å². The largest absolute Gasteiger partial charge is 0.400 e. The number of nitrogens with zero attached hydrogens (tertiary/aromatic N) is 2. The van der Waals surface area contributed by atoms with Crippen molar-refractivity contribution in [2.45, 2.75) is 32.4 Å². The Morgan fingerprint density at radius 2 is 2.15 bits per heavy atom. The lowest BCUT2D eigenvalue weighted by Gasteiger charge is -2.21. The molecule has 0 aliphatic carbocycles. The lowest BCUT2D eigenvalue weighted by molar-refractivity contribution is -0.134. The van der Waals surface area contributed by atoms with Gasteiger partial charge in [-0.25, -0.2) is 9.37 Å². The van der Waals surface area contributed by atoms with E-state index in [1.54, 1.807) is 11.5 Å². The summed E-state index contributed by atoms with van der Waals surface area (Å²) in [5, 5.41) is 11.6. The molecule has 27 heavy (non-hydrogen) atoms. The Bertz CT molecular complexity index is 908. The fourth-order valence-electron chi connectivity index (χ4n) is 2.87. The van der Waals surface area contributed by atoms with Crippen molar-refractivity contribution in [3.05, 3.63) is 29.3 Å². The second kappa shape index (κ2) is 8.49. The number of imide groups is 1. The van der Waals surface area contributed by atoms with E-state index in [9.17, 15) is 23.6 Å². The molecule has 0 saturated carbocycles. The predicted molar refractivity (Wildman–Crippen MR) is 92.3 cm³/mol. The van der Waals surface area contributed by atoms with Gasteiger partial charge in [0.2, 0.25) is 11.8 Å². The number of carbonyl (C=O) groups excluding carboxylic acids is 4. The van der Waals surface area contributed by atoms with Crippen LogP contribution in [0.4, 0.5) is 4.39 Å². The third kappa shape index (κ3) is 4.00. The number of aromatic nitrogens is 2. The molecule has 144 valence electrons. The van der Waals surface area contributed by atoms with Gasteiger partial charge < -0.3 is 19.8 Å². The molecule has 3 amide bonds. The molecule has 1 aliphatic rings. The van der Waals surface area contributed by atoms with Crippen LogP contribution in [0.5, 0.6) is 0 Å². The van der Waals surface area contributed by atoms with Crippen LogP contribution in [-0.4, -0.2) is 51.8 Å². The highest BCUT2D eigenvalue weighted by molar-refractivity contribution is 6.08. The number of benzene rings is 1. The van der Waals surface area contributed by atoms with Crippen LogP contribution < -0.4 is 10.6 Å². The molecule has 1 aromatic heterocycles. The summed E-state index contributed by atoms with van der Waals surface area (Å²) in [6.45, 7) is 1.67. The van der Waals surface area contributed by atoms with Gasteiger partial charge in [-0.3, -0.25) is 19.7 Å². The molecule has 3 N–H and O–H groups in total. The number of carbonyl (C=O) groups is 4. The standard InChI is InChI=1S/C16H15FN4O4.CH4O/c1-8-18-14-11(21(8)6-7-22)4-2-9(17)13(14)16(25)19-10-3-5-12(23)20-15(10)24;1-2/h2,4,7,10H,3,5-6H2,1H3,(H,19,25)(H,20,23,24);2H,1H3. The van der Waals surface area contributed by atoms with Crippen LogP contribution in [0, 0.1) is 12.7 Å². The summed E-state index contributed by atoms with van der Waals surface area (Å²) >= 11 is 0. The van der Waals surface area contributed by atoms with E-state index in [1.165, 1.54) is 6.07 Å². The number of piperidine rings is 1. The zero-order chi connectivity index (χ0) is 20.1. The Kier molecular flexibility index (Phi) is 6.35. The van der Waals surface area contributed by atoms with Crippen molar-refractivity contribution in [3.63, 3.8) is 0 Å². The number of aldehydes is 1. The summed E-state index contributed by atoms with van der Waals surface area (Å²) in [6, 6.07) is 1.64. The first-order chi connectivity index (χ1) is 12.9. The topological polar surface area (TPSA) is 130 Å². The van der Waals surface area contributed by atoms with Crippen LogP contribution in [0.15, 0.2) is 12.1 Å². The van der Waals surface area contributed by atoms with Crippen molar-refractivity contribution in [2.24, 2.45) is 0 Å². The second-order valence-electron chi connectivity index (χ2n) is 5.70. The highest BCUT2D eigenvalue weighted by Gasteiger charge is 2.30. The van der Waals surface area contributed by atoms with Gasteiger partial charge in [-0.1, -0.05) is 0 Å². The Morgan fingerprint density at radius 1 is 1.44 bits per heavy atom. The van der Waals surface area contributed by atoms with Crippen LogP contribution in [-0.2, 0) is 20.9 Å². The van der Waals surface area contributed by atoms with Gasteiger partial charge in [-0.15, -0.1) is 0 Å². The first-order valence-electron chi connectivity index (χ1n) is 8.10. The van der Waals surface area contributed by atoms with Crippen molar-refractivity contribution >= 4 is 35.0 Å². The van der Waals surface area contributed by atoms with E-state index in [4.69, 9.17) is 5.11 Å². The van der Waals surface area contributed by atoms with Gasteiger partial charge in [0.1, 0.15) is 35.0 Å². The number of hydrogen-bond acceptors (Lipinski definition) is 6. The number of halogens is 1. The maximum Gasteiger partial charge on any atom is 0.257 e. The zero-order valence-electron chi connectivity index (χ0n) is 14.8. The molecule has 10 heteroatoms. The molecule has 2 heterocycles. The lowest BCUT2D eigenvalue weighted by atomic mass is 10.0. The summed E-state index contributed by atoms with van der Waals surface area (Å²) in [7, 11) is 1.00. The van der Waals surface area contributed by atoms with Crippen LogP contribution in [0.25, 0.3) is 11.0 Å². The zero-order valence-corrected chi connectivity index (χ0v) is 14.8. The van der Waals surface area contributed by atoms with E-state index < -0.39 is 29.6 Å². The van der Waals surface area contributed by atoms with Gasteiger partial charge in [0.15, 0.2) is 0 Å². The number of aliphatic hydroxyl groups is 1. The number of imidazole rings is 1. The SMILES string of the molecule is CO.Cc1nc2c(C(=O)NC3CCC(=O)NC3=O)c(F)ccc2n1CC=O. The smallest absolute Gasteiger partial charge is 0.257 e. The Labute approximate surface area is 153 Å². The maximum atomic E-state index is 14.3. The molecule has 0 radical (unpaired) electrons. The van der Waals surface area contributed by atoms with Gasteiger partial charge in [-0.05, 0) is 25.5 Å². The molecule has 1 aromatic carbocycles. The summed E-state index contributed by atoms with van der Waals surface area (Å²) in [6.07, 6.45) is 0.920. The van der Waals surface area contributed by atoms with E-state index in [2.05, 4.69) is 15.6 Å². The van der Waals surface area contributed by atoms with Crippen LogP contribution in [0.2, 0.25) is 0 Å². The third-order valence-electron chi connectivity index (χ3n) is 4.09. The highest BCUT2D eigenvalue weighted by atomic mass is 19.1. The summed E-state index contributed by atoms with van der Waals surface area (Å²) in [5.41, 5.74) is 0.263. The predicted octanol–water partition coefficient (Wildman–Crippen LogP) is -0.174. The van der Waals surface area contributed by atoms with Crippen molar-refractivity contribution in [2.75, 3.05) is 7.11 Å². The molecular weight excluding hydrogens is 359 g/mol. The van der Waals surface area contributed by atoms with E-state index in [0.717, 1.165) is 13.2 Å². The van der Waals surface area contributed by atoms with Crippen molar-refractivity contribution in [3.8, 4) is 0 Å². The van der Waals surface area contributed by atoms with Crippen LogP contribution in [0.1, 0.15) is 29.0 Å². The first-order valence-corrected chi connectivity index (χ1v) is 8.10. The van der Waals surface area contributed by atoms with Gasteiger partial charge >= 0.3 is 0 Å². The molecule has 1 atom stereocenters. The van der Waals surface area contributed by atoms with E-state index in [1.807, 2.05) is 0 Å². The van der Waals surface area contributed by atoms with Gasteiger partial charge in [-0.2, -0.15) is 0 Å². The molecular formula is C17H19FN4O5. The lowest BCUT2D eigenvalue weighted by Crippen LogP contribution is -2.52. The highest BCUT2D eigenvalue weighted by Crippen LogP contribution is 2.23. The number of aryl methyl sites for hydroxylation is 1. The molecule has 3 rings (SSSR count). The number of nitrogens with one attached hydrogen (secondary N) is 2.